The minimum absolute atomic E-state index is 0.0879. The molecule has 1 aromatic heterocycles. The van der Waals surface area contributed by atoms with Crippen molar-refractivity contribution >= 4 is 22.6 Å². The number of nitrogens with zero attached hydrogens (tertiary/aromatic N) is 3. The van der Waals surface area contributed by atoms with Gasteiger partial charge in [0.1, 0.15) is 5.82 Å². The summed E-state index contributed by atoms with van der Waals surface area (Å²) in [6.45, 7) is 11.6. The first-order chi connectivity index (χ1) is 12.9. The monoisotopic (exact) mass is 359 g/mol. The first kappa shape index (κ1) is 17.5. The van der Waals surface area contributed by atoms with Crippen molar-refractivity contribution in [3.05, 3.63) is 71.6 Å². The van der Waals surface area contributed by atoms with E-state index in [9.17, 15) is 4.79 Å². The highest BCUT2D eigenvalue weighted by Gasteiger charge is 2.35. The van der Waals surface area contributed by atoms with E-state index in [2.05, 4.69) is 49.3 Å². The Morgan fingerprint density at radius 1 is 1.22 bits per heavy atom. The number of carbonyl (C=O) groups excluding carboxylic acids is 1. The second-order valence-corrected chi connectivity index (χ2v) is 7.70. The van der Waals surface area contributed by atoms with E-state index in [0.717, 1.165) is 40.2 Å². The van der Waals surface area contributed by atoms with Crippen LogP contribution in [0.5, 0.6) is 0 Å². The van der Waals surface area contributed by atoms with Crippen molar-refractivity contribution in [1.29, 1.82) is 0 Å². The number of aromatic nitrogens is 2. The molecule has 1 atom stereocenters. The summed E-state index contributed by atoms with van der Waals surface area (Å²) in [6.07, 6.45) is 0.493. The van der Waals surface area contributed by atoms with Gasteiger partial charge in [-0.1, -0.05) is 42.0 Å². The normalized spacial score (nSPS) is 17.1. The average molecular weight is 359 g/mol. The zero-order valence-corrected chi connectivity index (χ0v) is 16.2. The van der Waals surface area contributed by atoms with Gasteiger partial charge in [-0.2, -0.15) is 0 Å². The molecule has 0 bridgehead atoms. The Balaban J connectivity index is 1.72. The molecule has 27 heavy (non-hydrogen) atoms. The van der Waals surface area contributed by atoms with E-state index >= 15 is 0 Å². The van der Waals surface area contributed by atoms with Crippen molar-refractivity contribution in [2.45, 2.75) is 39.7 Å². The maximum Gasteiger partial charge on any atom is 0.227 e. The SMILES string of the molecule is C=C(C)Cn1c(C2CC(=O)N(c3ccc(C)cc3C)C2)nc2ccccc21. The predicted octanol–water partition coefficient (Wildman–Crippen LogP) is 4.75. The largest absolute Gasteiger partial charge is 0.324 e. The number of benzene rings is 2. The fourth-order valence-corrected chi connectivity index (χ4v) is 4.06. The van der Waals surface area contributed by atoms with Crippen LogP contribution in [0.2, 0.25) is 0 Å². The number of para-hydroxylation sites is 2. The molecule has 1 fully saturated rings. The van der Waals surface area contributed by atoms with Crippen LogP contribution in [-0.4, -0.2) is 22.0 Å². The van der Waals surface area contributed by atoms with Crippen LogP contribution in [0.25, 0.3) is 11.0 Å². The molecule has 0 aliphatic carbocycles. The van der Waals surface area contributed by atoms with Gasteiger partial charge in [-0.05, 0) is 44.5 Å². The summed E-state index contributed by atoms with van der Waals surface area (Å²) >= 11 is 0. The van der Waals surface area contributed by atoms with Gasteiger partial charge in [0.2, 0.25) is 5.91 Å². The molecule has 1 aliphatic rings. The second kappa shape index (κ2) is 6.69. The summed E-state index contributed by atoms with van der Waals surface area (Å²) in [4.78, 5) is 19.6. The van der Waals surface area contributed by atoms with Crippen molar-refractivity contribution in [3.8, 4) is 0 Å². The fraction of sp³-hybridized carbons (Fsp3) is 0.304. The Kier molecular flexibility index (Phi) is 4.34. The van der Waals surface area contributed by atoms with Gasteiger partial charge in [0.25, 0.3) is 0 Å². The Labute approximate surface area is 160 Å². The topological polar surface area (TPSA) is 38.1 Å². The molecule has 4 heteroatoms. The highest BCUT2D eigenvalue weighted by atomic mass is 16.2. The number of aryl methyl sites for hydroxylation is 2. The molecule has 4 rings (SSSR count). The van der Waals surface area contributed by atoms with Gasteiger partial charge in [-0.25, -0.2) is 4.98 Å². The smallest absolute Gasteiger partial charge is 0.227 e. The molecule has 2 heterocycles. The van der Waals surface area contributed by atoms with Crippen LogP contribution in [0.15, 0.2) is 54.6 Å². The Bertz CT molecular complexity index is 1050. The number of rotatable bonds is 4. The van der Waals surface area contributed by atoms with Gasteiger partial charge in [0, 0.05) is 31.1 Å². The highest BCUT2D eigenvalue weighted by Crippen LogP contribution is 2.34. The zero-order chi connectivity index (χ0) is 19.1. The fourth-order valence-electron chi connectivity index (χ4n) is 4.06. The van der Waals surface area contributed by atoms with Crippen molar-refractivity contribution < 1.29 is 4.79 Å². The lowest BCUT2D eigenvalue weighted by atomic mass is 10.1. The van der Waals surface area contributed by atoms with Gasteiger partial charge >= 0.3 is 0 Å². The summed E-state index contributed by atoms with van der Waals surface area (Å²) in [5, 5.41) is 0. The van der Waals surface area contributed by atoms with E-state index in [1.54, 1.807) is 0 Å². The second-order valence-electron chi connectivity index (χ2n) is 7.70. The number of fused-ring (bicyclic) bond motifs is 1. The summed E-state index contributed by atoms with van der Waals surface area (Å²) < 4.78 is 2.22. The minimum atomic E-state index is 0.0879. The third-order valence-electron chi connectivity index (χ3n) is 5.25. The molecular formula is C23H25N3O. The molecular weight excluding hydrogens is 334 g/mol. The van der Waals surface area contributed by atoms with E-state index in [4.69, 9.17) is 4.98 Å². The summed E-state index contributed by atoms with van der Waals surface area (Å²) in [5.41, 5.74) is 6.52. The van der Waals surface area contributed by atoms with Crippen LogP contribution in [0.1, 0.15) is 36.2 Å². The van der Waals surface area contributed by atoms with E-state index < -0.39 is 0 Å². The van der Waals surface area contributed by atoms with Crippen molar-refractivity contribution in [2.24, 2.45) is 0 Å². The first-order valence-electron chi connectivity index (χ1n) is 9.41. The number of hydrogen-bond acceptors (Lipinski definition) is 2. The molecule has 3 aromatic rings. The molecule has 0 spiro atoms. The predicted molar refractivity (Wildman–Crippen MR) is 110 cm³/mol. The lowest BCUT2D eigenvalue weighted by molar-refractivity contribution is -0.117. The van der Waals surface area contributed by atoms with Gasteiger partial charge < -0.3 is 9.47 Å². The van der Waals surface area contributed by atoms with Crippen molar-refractivity contribution in [3.63, 3.8) is 0 Å². The number of hydrogen-bond donors (Lipinski definition) is 0. The number of anilines is 1. The van der Waals surface area contributed by atoms with E-state index in [0.29, 0.717) is 13.0 Å². The van der Waals surface area contributed by atoms with Crippen molar-refractivity contribution in [1.82, 2.24) is 9.55 Å². The molecule has 4 nitrogen and oxygen atoms in total. The maximum atomic E-state index is 12.8. The van der Waals surface area contributed by atoms with Crippen LogP contribution < -0.4 is 4.90 Å². The standard InChI is InChI=1S/C23H25N3O/c1-15(2)13-26-21-8-6-5-7-19(21)24-23(26)18-12-22(27)25(14-18)20-10-9-16(3)11-17(20)4/h5-11,18H,1,12-14H2,2-4H3. The van der Waals surface area contributed by atoms with Crippen LogP contribution in [0, 0.1) is 13.8 Å². The molecule has 0 saturated carbocycles. The number of carbonyl (C=O) groups is 1. The first-order valence-corrected chi connectivity index (χ1v) is 9.41. The van der Waals surface area contributed by atoms with E-state index in [-0.39, 0.29) is 11.8 Å². The summed E-state index contributed by atoms with van der Waals surface area (Å²) in [5.74, 6) is 1.24. The molecule has 1 aliphatic heterocycles. The highest BCUT2D eigenvalue weighted by molar-refractivity contribution is 5.97. The lowest BCUT2D eigenvalue weighted by Gasteiger charge is -2.20. The van der Waals surface area contributed by atoms with Crippen molar-refractivity contribution in [2.75, 3.05) is 11.4 Å². The number of allylic oxidation sites excluding steroid dienone is 1. The third kappa shape index (κ3) is 3.16. The van der Waals surface area contributed by atoms with Crippen LogP contribution >= 0.6 is 0 Å². The molecule has 1 unspecified atom stereocenters. The molecule has 2 aromatic carbocycles. The number of amides is 1. The Hall–Kier alpha value is -2.88. The quantitative estimate of drug-likeness (QED) is 0.631. The molecule has 1 saturated heterocycles. The van der Waals surface area contributed by atoms with Gasteiger partial charge in [-0.15, -0.1) is 0 Å². The maximum absolute atomic E-state index is 12.8. The minimum Gasteiger partial charge on any atom is -0.324 e. The molecule has 0 radical (unpaired) electrons. The van der Waals surface area contributed by atoms with E-state index in [1.165, 1.54) is 5.56 Å². The van der Waals surface area contributed by atoms with Gasteiger partial charge in [-0.3, -0.25) is 4.79 Å². The zero-order valence-electron chi connectivity index (χ0n) is 16.2. The molecule has 138 valence electrons. The molecule has 1 amide bonds. The summed E-state index contributed by atoms with van der Waals surface area (Å²) in [7, 11) is 0. The van der Waals surface area contributed by atoms with Crippen LogP contribution in [0.4, 0.5) is 5.69 Å². The third-order valence-corrected chi connectivity index (χ3v) is 5.25. The van der Waals surface area contributed by atoms with Gasteiger partial charge in [0.15, 0.2) is 0 Å². The van der Waals surface area contributed by atoms with E-state index in [1.807, 2.05) is 30.0 Å². The molecule has 0 N–H and O–H groups in total. The number of imidazole rings is 1. The van der Waals surface area contributed by atoms with Gasteiger partial charge in [0.05, 0.1) is 11.0 Å². The van der Waals surface area contributed by atoms with Crippen LogP contribution in [0.3, 0.4) is 0 Å². The average Bonchev–Trinajstić information content (AvgIpc) is 3.16. The lowest BCUT2D eigenvalue weighted by Crippen LogP contribution is -2.25. The Morgan fingerprint density at radius 3 is 2.74 bits per heavy atom. The Morgan fingerprint density at radius 2 is 2.00 bits per heavy atom. The summed E-state index contributed by atoms with van der Waals surface area (Å²) in [6, 6.07) is 14.4. The van der Waals surface area contributed by atoms with Crippen LogP contribution in [-0.2, 0) is 11.3 Å².